The fraction of sp³-hybridized carbons (Fsp3) is 0.368. The summed E-state index contributed by atoms with van der Waals surface area (Å²) in [6, 6.07) is 9.33. The van der Waals surface area contributed by atoms with Gasteiger partial charge in [0, 0.05) is 43.6 Å². The Kier molecular flexibility index (Phi) is 4.61. The average molecular weight is 387 g/mol. The van der Waals surface area contributed by atoms with Crippen LogP contribution in [0.15, 0.2) is 48.8 Å². The SMILES string of the molecule is O=C(c1ccc(O)cc1)N1CCN(Cc2cccnc2)[C@@H]2CS(=O)(=O)C[C@@H]21. The first kappa shape index (κ1) is 17.9. The van der Waals surface area contributed by atoms with E-state index in [4.69, 9.17) is 0 Å². The van der Waals surface area contributed by atoms with Crippen LogP contribution in [0.5, 0.6) is 5.75 Å². The first-order valence-electron chi connectivity index (χ1n) is 8.86. The number of amides is 1. The first-order chi connectivity index (χ1) is 12.9. The molecule has 1 aromatic heterocycles. The maximum Gasteiger partial charge on any atom is 0.254 e. The second-order valence-corrected chi connectivity index (χ2v) is 9.24. The summed E-state index contributed by atoms with van der Waals surface area (Å²) in [5, 5.41) is 9.43. The van der Waals surface area contributed by atoms with E-state index < -0.39 is 9.84 Å². The molecule has 2 aliphatic rings. The van der Waals surface area contributed by atoms with Crippen molar-refractivity contribution in [2.45, 2.75) is 18.6 Å². The number of pyridine rings is 1. The smallest absolute Gasteiger partial charge is 0.254 e. The number of phenolic OH excluding ortho intramolecular Hbond substituents is 1. The van der Waals surface area contributed by atoms with Crippen molar-refractivity contribution in [2.24, 2.45) is 0 Å². The summed E-state index contributed by atoms with van der Waals surface area (Å²) in [4.78, 5) is 20.9. The molecule has 2 aliphatic heterocycles. The normalized spacial score (nSPS) is 24.5. The van der Waals surface area contributed by atoms with Gasteiger partial charge in [0.1, 0.15) is 5.75 Å². The van der Waals surface area contributed by atoms with E-state index in [0.29, 0.717) is 25.2 Å². The number of benzene rings is 1. The Labute approximate surface area is 158 Å². The monoisotopic (exact) mass is 387 g/mol. The average Bonchev–Trinajstić information content (AvgIpc) is 2.98. The molecule has 0 spiro atoms. The second kappa shape index (κ2) is 6.94. The molecule has 0 radical (unpaired) electrons. The topological polar surface area (TPSA) is 90.8 Å². The quantitative estimate of drug-likeness (QED) is 0.842. The van der Waals surface area contributed by atoms with Crippen molar-refractivity contribution >= 4 is 15.7 Å². The largest absolute Gasteiger partial charge is 0.508 e. The minimum Gasteiger partial charge on any atom is -0.508 e. The number of hydrogen-bond acceptors (Lipinski definition) is 6. The minimum absolute atomic E-state index is 0.00890. The summed E-state index contributed by atoms with van der Waals surface area (Å²) < 4.78 is 24.7. The highest BCUT2D eigenvalue weighted by molar-refractivity contribution is 7.91. The van der Waals surface area contributed by atoms with Crippen LogP contribution in [-0.4, -0.2) is 70.9 Å². The van der Waals surface area contributed by atoms with E-state index in [1.54, 1.807) is 29.4 Å². The van der Waals surface area contributed by atoms with Gasteiger partial charge in [-0.2, -0.15) is 0 Å². The number of rotatable bonds is 3. The van der Waals surface area contributed by atoms with Crippen molar-refractivity contribution in [3.63, 3.8) is 0 Å². The summed E-state index contributed by atoms with van der Waals surface area (Å²) in [5.41, 5.74) is 1.48. The van der Waals surface area contributed by atoms with Gasteiger partial charge in [-0.3, -0.25) is 14.7 Å². The van der Waals surface area contributed by atoms with Crippen LogP contribution in [0.25, 0.3) is 0 Å². The molecule has 0 saturated carbocycles. The van der Waals surface area contributed by atoms with Crippen molar-refractivity contribution in [1.29, 1.82) is 0 Å². The van der Waals surface area contributed by atoms with Crippen LogP contribution in [0.4, 0.5) is 0 Å². The Bertz CT molecular complexity index is 931. The van der Waals surface area contributed by atoms with Gasteiger partial charge in [-0.05, 0) is 35.9 Å². The molecule has 2 atom stereocenters. The van der Waals surface area contributed by atoms with Crippen molar-refractivity contribution in [2.75, 3.05) is 24.6 Å². The molecule has 1 aromatic carbocycles. The van der Waals surface area contributed by atoms with Gasteiger partial charge in [0.15, 0.2) is 9.84 Å². The molecule has 1 amide bonds. The third-order valence-electron chi connectivity index (χ3n) is 5.27. The highest BCUT2D eigenvalue weighted by Crippen LogP contribution is 2.29. The molecule has 2 fully saturated rings. The number of phenols is 1. The van der Waals surface area contributed by atoms with Crippen LogP contribution in [0.2, 0.25) is 0 Å². The maximum absolute atomic E-state index is 13.0. The molecule has 7 nitrogen and oxygen atoms in total. The van der Waals surface area contributed by atoms with Gasteiger partial charge in [0.25, 0.3) is 5.91 Å². The van der Waals surface area contributed by atoms with Gasteiger partial charge in [0.05, 0.1) is 17.5 Å². The Hall–Kier alpha value is -2.45. The molecule has 3 heterocycles. The lowest BCUT2D eigenvalue weighted by atomic mass is 10.0. The Morgan fingerprint density at radius 3 is 2.56 bits per heavy atom. The standard InChI is InChI=1S/C19H21N3O4S/c23-16-5-3-15(4-6-16)19(24)22-9-8-21(11-14-2-1-7-20-10-14)17-12-27(25,26)13-18(17)22/h1-7,10,17-18,23H,8-9,11-13H2/t17-,18+/m1/s1. The van der Waals surface area contributed by atoms with E-state index in [1.807, 2.05) is 12.1 Å². The van der Waals surface area contributed by atoms with Crippen LogP contribution in [0, 0.1) is 0 Å². The van der Waals surface area contributed by atoms with E-state index in [0.717, 1.165) is 5.56 Å². The lowest BCUT2D eigenvalue weighted by Crippen LogP contribution is -2.60. The number of aromatic hydroxyl groups is 1. The zero-order chi connectivity index (χ0) is 19.0. The summed E-state index contributed by atoms with van der Waals surface area (Å²) in [7, 11) is -3.20. The third-order valence-corrected chi connectivity index (χ3v) is 6.97. The van der Waals surface area contributed by atoms with Gasteiger partial charge in [-0.25, -0.2) is 8.42 Å². The van der Waals surface area contributed by atoms with Gasteiger partial charge in [-0.1, -0.05) is 6.07 Å². The van der Waals surface area contributed by atoms with Crippen molar-refractivity contribution < 1.29 is 18.3 Å². The van der Waals surface area contributed by atoms with Crippen LogP contribution in [0.3, 0.4) is 0 Å². The molecule has 0 unspecified atom stereocenters. The first-order valence-corrected chi connectivity index (χ1v) is 10.7. The van der Waals surface area contributed by atoms with Crippen LogP contribution < -0.4 is 0 Å². The molecule has 8 heteroatoms. The number of hydrogen-bond donors (Lipinski definition) is 1. The lowest BCUT2D eigenvalue weighted by molar-refractivity contribution is 0.0306. The highest BCUT2D eigenvalue weighted by atomic mass is 32.2. The predicted molar refractivity (Wildman–Crippen MR) is 100 cm³/mol. The number of aromatic nitrogens is 1. The number of carbonyl (C=O) groups is 1. The lowest BCUT2D eigenvalue weighted by Gasteiger charge is -2.44. The Balaban J connectivity index is 1.58. The summed E-state index contributed by atoms with van der Waals surface area (Å²) in [6.45, 7) is 1.69. The predicted octanol–water partition coefficient (Wildman–Crippen LogP) is 0.911. The number of sulfone groups is 1. The molecule has 4 rings (SSSR count). The number of carbonyl (C=O) groups excluding carboxylic acids is 1. The molecule has 2 saturated heterocycles. The van der Waals surface area contributed by atoms with Gasteiger partial charge in [0.2, 0.25) is 0 Å². The highest BCUT2D eigenvalue weighted by Gasteiger charge is 2.48. The van der Waals surface area contributed by atoms with E-state index in [1.165, 1.54) is 12.1 Å². The number of nitrogens with zero attached hydrogens (tertiary/aromatic N) is 3. The van der Waals surface area contributed by atoms with Crippen LogP contribution >= 0.6 is 0 Å². The van der Waals surface area contributed by atoms with Crippen LogP contribution in [0.1, 0.15) is 15.9 Å². The molecule has 142 valence electrons. The molecule has 2 aromatic rings. The fourth-order valence-electron chi connectivity index (χ4n) is 3.97. The minimum atomic E-state index is -3.20. The Morgan fingerprint density at radius 2 is 1.85 bits per heavy atom. The van der Waals surface area contributed by atoms with Crippen molar-refractivity contribution in [1.82, 2.24) is 14.8 Å². The van der Waals surface area contributed by atoms with E-state index in [-0.39, 0.29) is 35.2 Å². The Morgan fingerprint density at radius 1 is 1.11 bits per heavy atom. The maximum atomic E-state index is 13.0. The van der Waals surface area contributed by atoms with Crippen molar-refractivity contribution in [3.05, 3.63) is 59.9 Å². The molecule has 0 aliphatic carbocycles. The molecular formula is C19H21N3O4S. The zero-order valence-corrected chi connectivity index (χ0v) is 15.5. The van der Waals surface area contributed by atoms with E-state index >= 15 is 0 Å². The third kappa shape index (κ3) is 3.68. The molecule has 0 bridgehead atoms. The number of fused-ring (bicyclic) bond motifs is 1. The van der Waals surface area contributed by atoms with E-state index in [2.05, 4.69) is 9.88 Å². The summed E-state index contributed by atoms with van der Waals surface area (Å²) in [6.07, 6.45) is 3.49. The van der Waals surface area contributed by atoms with Crippen molar-refractivity contribution in [3.8, 4) is 5.75 Å². The molecule has 27 heavy (non-hydrogen) atoms. The summed E-state index contributed by atoms with van der Waals surface area (Å²) >= 11 is 0. The zero-order valence-electron chi connectivity index (χ0n) is 14.7. The van der Waals surface area contributed by atoms with Gasteiger partial charge < -0.3 is 10.0 Å². The molecular weight excluding hydrogens is 366 g/mol. The number of piperazine rings is 1. The summed E-state index contributed by atoms with van der Waals surface area (Å²) in [5.74, 6) is -0.0419. The molecule has 1 N–H and O–H groups in total. The second-order valence-electron chi connectivity index (χ2n) is 7.09. The van der Waals surface area contributed by atoms with Crippen LogP contribution in [-0.2, 0) is 16.4 Å². The van der Waals surface area contributed by atoms with Gasteiger partial charge in [-0.15, -0.1) is 0 Å². The van der Waals surface area contributed by atoms with E-state index in [9.17, 15) is 18.3 Å². The fourth-order valence-corrected chi connectivity index (χ4v) is 5.98. The van der Waals surface area contributed by atoms with Gasteiger partial charge >= 0.3 is 0 Å².